The summed E-state index contributed by atoms with van der Waals surface area (Å²) in [5, 5.41) is 0. The van der Waals surface area contributed by atoms with Crippen molar-refractivity contribution in [3.63, 3.8) is 0 Å². The lowest BCUT2D eigenvalue weighted by Gasteiger charge is -2.32. The summed E-state index contributed by atoms with van der Waals surface area (Å²) in [5.41, 5.74) is 9.58. The molecule has 3 N–H and O–H groups in total. The van der Waals surface area contributed by atoms with E-state index in [1.54, 1.807) is 18.2 Å². The van der Waals surface area contributed by atoms with Crippen molar-refractivity contribution in [1.82, 2.24) is 9.80 Å². The highest BCUT2D eigenvalue weighted by Gasteiger charge is 2.25. The van der Waals surface area contributed by atoms with Gasteiger partial charge in [0.2, 0.25) is 10.0 Å². The van der Waals surface area contributed by atoms with Crippen LogP contribution in [0.4, 0.5) is 11.4 Å². The maximum absolute atomic E-state index is 13.2. The van der Waals surface area contributed by atoms with Gasteiger partial charge in [-0.05, 0) is 74.0 Å². The molecule has 8 nitrogen and oxygen atoms in total. The van der Waals surface area contributed by atoms with Crippen LogP contribution in [-0.2, 0) is 14.8 Å². The van der Waals surface area contributed by atoms with Gasteiger partial charge >= 0.3 is 0 Å². The van der Waals surface area contributed by atoms with E-state index >= 15 is 0 Å². The van der Waals surface area contributed by atoms with Crippen molar-refractivity contribution in [3.05, 3.63) is 59.2 Å². The van der Waals surface area contributed by atoms with Crippen LogP contribution in [0.15, 0.2) is 42.5 Å². The topological polar surface area (TPSA) is 105 Å². The number of anilines is 2. The molecule has 2 heterocycles. The monoisotopic (exact) mass is 500 g/mol. The number of hydrogen-bond acceptors (Lipinski definition) is 6. The molecule has 0 atom stereocenters. The van der Waals surface area contributed by atoms with Crippen molar-refractivity contribution < 1.29 is 17.9 Å². The maximum Gasteiger partial charge on any atom is 0.253 e. The van der Waals surface area contributed by atoms with Crippen molar-refractivity contribution in [2.45, 2.75) is 32.1 Å². The summed E-state index contributed by atoms with van der Waals surface area (Å²) in [7, 11) is -3.51. The summed E-state index contributed by atoms with van der Waals surface area (Å²) in [6, 6.07) is 13.2. The Balaban J connectivity index is 1.33. The number of nitrogens with one attached hydrogen (secondary N) is 1. The minimum Gasteiger partial charge on any atom is -0.399 e. The number of benzene rings is 2. The van der Waals surface area contributed by atoms with Crippen LogP contribution in [0.3, 0.4) is 0 Å². The molecule has 0 aromatic heterocycles. The first-order chi connectivity index (χ1) is 16.8. The number of carbonyl (C=O) groups excluding carboxylic acids is 1. The molecule has 2 aromatic carbocycles. The number of likely N-dealkylation sites (tertiary alicyclic amines) is 1. The van der Waals surface area contributed by atoms with Crippen LogP contribution in [0.1, 0.15) is 46.7 Å². The lowest BCUT2D eigenvalue weighted by Crippen LogP contribution is -2.38. The number of hydrogen-bond donors (Lipinski definition) is 2. The second-order valence-electron chi connectivity index (χ2n) is 9.49. The van der Waals surface area contributed by atoms with E-state index in [1.807, 2.05) is 24.0 Å². The fourth-order valence-electron chi connectivity index (χ4n) is 4.75. The molecule has 0 radical (unpaired) electrons. The number of rotatable bonds is 8. The quantitative estimate of drug-likeness (QED) is 0.540. The number of piperidine rings is 1. The van der Waals surface area contributed by atoms with Crippen LogP contribution in [0.25, 0.3) is 0 Å². The van der Waals surface area contributed by atoms with E-state index in [0.29, 0.717) is 49.9 Å². The first kappa shape index (κ1) is 25.5. The fourth-order valence-corrected chi connectivity index (χ4v) is 5.92. The number of nitrogen functional groups attached to an aromatic ring is 1. The second-order valence-corrected chi connectivity index (χ2v) is 11.3. The Kier molecular flexibility index (Phi) is 8.30. The molecule has 0 aliphatic carbocycles. The zero-order valence-electron chi connectivity index (χ0n) is 20.4. The third kappa shape index (κ3) is 6.96. The molecular formula is C26H36N4O4S. The van der Waals surface area contributed by atoms with Gasteiger partial charge in [-0.25, -0.2) is 8.42 Å². The fraction of sp³-hybridized carbons (Fsp3) is 0.500. The minimum absolute atomic E-state index is 0.0423. The summed E-state index contributed by atoms with van der Waals surface area (Å²) in [6.45, 7) is 7.00. The molecule has 0 unspecified atom stereocenters. The molecule has 190 valence electrons. The highest BCUT2D eigenvalue weighted by Crippen LogP contribution is 2.29. The smallest absolute Gasteiger partial charge is 0.253 e. The van der Waals surface area contributed by atoms with Crippen LogP contribution in [0, 0.1) is 6.92 Å². The van der Waals surface area contributed by atoms with Gasteiger partial charge in [0.1, 0.15) is 0 Å². The molecule has 2 saturated heterocycles. The highest BCUT2D eigenvalue weighted by atomic mass is 32.2. The highest BCUT2D eigenvalue weighted by molar-refractivity contribution is 7.92. The Morgan fingerprint density at radius 1 is 1.06 bits per heavy atom. The summed E-state index contributed by atoms with van der Waals surface area (Å²) in [4.78, 5) is 17.3. The van der Waals surface area contributed by atoms with Crippen molar-refractivity contribution in [2.75, 3.05) is 62.1 Å². The molecule has 4 rings (SSSR count). The number of ether oxygens (including phenoxy) is 1. The molecule has 0 saturated carbocycles. The maximum atomic E-state index is 13.2. The SMILES string of the molecule is Cc1ccc(C(=O)N2CCC(c3ccc(N)cc3)CC2)cc1NS(=O)(=O)CCCN1CCOCC1. The van der Waals surface area contributed by atoms with E-state index < -0.39 is 10.0 Å². The van der Waals surface area contributed by atoms with Crippen LogP contribution < -0.4 is 10.5 Å². The molecule has 2 aliphatic rings. The Morgan fingerprint density at radius 3 is 2.43 bits per heavy atom. The zero-order chi connectivity index (χ0) is 24.8. The Labute approximate surface area is 208 Å². The number of nitrogens with zero attached hydrogens (tertiary/aromatic N) is 2. The van der Waals surface area contributed by atoms with Crippen molar-refractivity contribution in [1.29, 1.82) is 0 Å². The number of carbonyl (C=O) groups is 1. The van der Waals surface area contributed by atoms with E-state index in [0.717, 1.165) is 43.7 Å². The summed E-state index contributed by atoms with van der Waals surface area (Å²) < 4.78 is 33.5. The van der Waals surface area contributed by atoms with Crippen LogP contribution in [0.5, 0.6) is 0 Å². The lowest BCUT2D eigenvalue weighted by molar-refractivity contribution is 0.0381. The normalized spacial score (nSPS) is 17.9. The van der Waals surface area contributed by atoms with Crippen molar-refractivity contribution in [3.8, 4) is 0 Å². The van der Waals surface area contributed by atoms with Crippen LogP contribution in [-0.4, -0.2) is 75.8 Å². The van der Waals surface area contributed by atoms with E-state index in [4.69, 9.17) is 10.5 Å². The molecule has 35 heavy (non-hydrogen) atoms. The Morgan fingerprint density at radius 2 is 1.74 bits per heavy atom. The first-order valence-electron chi connectivity index (χ1n) is 12.4. The van der Waals surface area contributed by atoms with Gasteiger partial charge in [0.05, 0.1) is 24.7 Å². The number of sulfonamides is 1. The molecule has 2 aliphatic heterocycles. The van der Waals surface area contributed by atoms with Gasteiger partial charge in [-0.3, -0.25) is 14.4 Å². The van der Waals surface area contributed by atoms with Crippen LogP contribution in [0.2, 0.25) is 0 Å². The second kappa shape index (κ2) is 11.4. The molecular weight excluding hydrogens is 464 g/mol. The van der Waals surface area contributed by atoms with E-state index in [2.05, 4.69) is 21.8 Å². The predicted molar refractivity (Wildman–Crippen MR) is 139 cm³/mol. The number of amides is 1. The van der Waals surface area contributed by atoms with E-state index in [-0.39, 0.29) is 11.7 Å². The predicted octanol–water partition coefficient (Wildman–Crippen LogP) is 3.06. The average molecular weight is 501 g/mol. The van der Waals surface area contributed by atoms with Gasteiger partial charge in [-0.1, -0.05) is 18.2 Å². The summed E-state index contributed by atoms with van der Waals surface area (Å²) in [6.07, 6.45) is 2.34. The van der Waals surface area contributed by atoms with Gasteiger partial charge in [0.15, 0.2) is 0 Å². The van der Waals surface area contributed by atoms with Crippen molar-refractivity contribution >= 4 is 27.3 Å². The molecule has 2 aromatic rings. The number of nitrogens with two attached hydrogens (primary N) is 1. The molecule has 0 spiro atoms. The summed E-state index contributed by atoms with van der Waals surface area (Å²) in [5.74, 6) is 0.395. The van der Waals surface area contributed by atoms with Crippen molar-refractivity contribution in [2.24, 2.45) is 0 Å². The average Bonchev–Trinajstić information content (AvgIpc) is 2.86. The standard InChI is InChI=1S/C26H36N4O4S/c1-20-3-4-23(19-25(20)28-35(32,33)18-2-11-29-14-16-34-17-15-29)26(31)30-12-9-22(10-13-30)21-5-7-24(27)8-6-21/h3-8,19,22,28H,2,9-18,27H2,1H3. The number of morpholine rings is 1. The third-order valence-corrected chi connectivity index (χ3v) is 8.29. The number of aryl methyl sites for hydroxylation is 1. The zero-order valence-corrected chi connectivity index (χ0v) is 21.2. The van der Waals surface area contributed by atoms with Gasteiger partial charge in [-0.2, -0.15) is 0 Å². The summed E-state index contributed by atoms with van der Waals surface area (Å²) >= 11 is 0. The van der Waals surface area contributed by atoms with E-state index in [9.17, 15) is 13.2 Å². The molecule has 0 bridgehead atoms. The van der Waals surface area contributed by atoms with Crippen LogP contribution >= 0.6 is 0 Å². The third-order valence-electron chi connectivity index (χ3n) is 6.93. The lowest BCUT2D eigenvalue weighted by atomic mass is 9.89. The van der Waals surface area contributed by atoms with Gasteiger partial charge in [0.25, 0.3) is 5.91 Å². The molecule has 1 amide bonds. The Hall–Kier alpha value is -2.62. The van der Waals surface area contributed by atoms with Gasteiger partial charge in [-0.15, -0.1) is 0 Å². The van der Waals surface area contributed by atoms with Gasteiger partial charge < -0.3 is 15.4 Å². The van der Waals surface area contributed by atoms with Gasteiger partial charge in [0, 0.05) is 37.4 Å². The first-order valence-corrected chi connectivity index (χ1v) is 14.0. The minimum atomic E-state index is -3.51. The largest absolute Gasteiger partial charge is 0.399 e. The molecule has 9 heteroatoms. The Bertz CT molecular complexity index is 1110. The van der Waals surface area contributed by atoms with E-state index in [1.165, 1.54) is 5.56 Å². The molecule has 2 fully saturated rings.